The van der Waals surface area contributed by atoms with Gasteiger partial charge in [0, 0.05) is 38.4 Å². The molecular formula is C63H41N5. The molecule has 0 aliphatic rings. The van der Waals surface area contributed by atoms with Crippen LogP contribution < -0.4 is 0 Å². The molecule has 0 atom stereocenters. The van der Waals surface area contributed by atoms with Crippen LogP contribution in [0, 0.1) is 0 Å². The van der Waals surface area contributed by atoms with E-state index in [1.807, 2.05) is 18.2 Å². The van der Waals surface area contributed by atoms with E-state index in [9.17, 15) is 0 Å². The third-order valence-corrected chi connectivity index (χ3v) is 13.2. The van der Waals surface area contributed by atoms with Gasteiger partial charge >= 0.3 is 0 Å². The van der Waals surface area contributed by atoms with Crippen molar-refractivity contribution >= 4 is 43.6 Å². The second kappa shape index (κ2) is 16.4. The lowest BCUT2D eigenvalue weighted by Gasteiger charge is -2.14. The molecule has 0 aliphatic heterocycles. The van der Waals surface area contributed by atoms with Gasteiger partial charge in [0.1, 0.15) is 0 Å². The predicted octanol–water partition coefficient (Wildman–Crippen LogP) is 16.1. The molecule has 0 spiro atoms. The minimum Gasteiger partial charge on any atom is -0.307 e. The van der Waals surface area contributed by atoms with Gasteiger partial charge in [-0.1, -0.05) is 200 Å². The maximum absolute atomic E-state index is 5.50. The highest BCUT2D eigenvalue weighted by Crippen LogP contribution is 2.43. The molecule has 68 heavy (non-hydrogen) atoms. The van der Waals surface area contributed by atoms with Crippen LogP contribution in [-0.4, -0.2) is 24.1 Å². The van der Waals surface area contributed by atoms with Gasteiger partial charge in [0.05, 0.1) is 22.1 Å². The van der Waals surface area contributed by atoms with E-state index in [1.54, 1.807) is 0 Å². The lowest BCUT2D eigenvalue weighted by molar-refractivity contribution is 0.953. The molecule has 0 fully saturated rings. The number of fused-ring (bicyclic) bond motifs is 7. The fourth-order valence-electron chi connectivity index (χ4n) is 9.93. The van der Waals surface area contributed by atoms with E-state index in [1.165, 1.54) is 27.6 Å². The first-order valence-electron chi connectivity index (χ1n) is 23.0. The maximum atomic E-state index is 5.50. The van der Waals surface area contributed by atoms with Crippen LogP contribution in [0.25, 0.3) is 123 Å². The van der Waals surface area contributed by atoms with Crippen molar-refractivity contribution in [2.45, 2.75) is 0 Å². The minimum absolute atomic E-state index is 0.542. The zero-order chi connectivity index (χ0) is 45.0. The fraction of sp³-hybridized carbons (Fsp3) is 0. The Hall–Kier alpha value is -9.19. The third-order valence-electron chi connectivity index (χ3n) is 13.2. The van der Waals surface area contributed by atoms with Gasteiger partial charge < -0.3 is 4.57 Å². The summed E-state index contributed by atoms with van der Waals surface area (Å²) in [6.45, 7) is 0. The summed E-state index contributed by atoms with van der Waals surface area (Å²) < 4.78 is 4.70. The topological polar surface area (TPSA) is 48.5 Å². The van der Waals surface area contributed by atoms with E-state index >= 15 is 0 Å². The van der Waals surface area contributed by atoms with E-state index in [2.05, 4.69) is 240 Å². The second-order valence-corrected chi connectivity index (χ2v) is 17.2. The monoisotopic (exact) mass is 867 g/mol. The van der Waals surface area contributed by atoms with Crippen molar-refractivity contribution in [2.24, 2.45) is 0 Å². The quantitative estimate of drug-likeness (QED) is 0.153. The Kier molecular flexibility index (Phi) is 9.43. The smallest absolute Gasteiger partial charge is 0.238 e. The van der Waals surface area contributed by atoms with Crippen molar-refractivity contribution in [1.82, 2.24) is 24.1 Å². The van der Waals surface area contributed by atoms with Gasteiger partial charge in [0.15, 0.2) is 11.6 Å². The van der Waals surface area contributed by atoms with E-state index < -0.39 is 0 Å². The van der Waals surface area contributed by atoms with Crippen molar-refractivity contribution in [3.8, 4) is 78.9 Å². The van der Waals surface area contributed by atoms with Crippen LogP contribution in [0.2, 0.25) is 0 Å². The summed E-state index contributed by atoms with van der Waals surface area (Å²) >= 11 is 0. The molecule has 0 radical (unpaired) electrons. The highest BCUT2D eigenvalue weighted by Gasteiger charge is 2.24. The zero-order valence-electron chi connectivity index (χ0n) is 36.9. The summed E-state index contributed by atoms with van der Waals surface area (Å²) in [7, 11) is 0. The summed E-state index contributed by atoms with van der Waals surface area (Å²) in [6.07, 6.45) is 0. The molecule has 0 aliphatic carbocycles. The van der Waals surface area contributed by atoms with E-state index in [0.29, 0.717) is 17.6 Å². The van der Waals surface area contributed by atoms with Gasteiger partial charge in [-0.05, 0) is 93.0 Å². The summed E-state index contributed by atoms with van der Waals surface area (Å²) in [5, 5.41) is 4.53. The van der Waals surface area contributed by atoms with Gasteiger partial charge in [-0.2, -0.15) is 9.97 Å². The van der Waals surface area contributed by atoms with Crippen LogP contribution in [0.1, 0.15) is 0 Å². The number of hydrogen-bond acceptors (Lipinski definition) is 3. The first kappa shape index (κ1) is 39.2. The molecule has 5 nitrogen and oxygen atoms in total. The average Bonchev–Trinajstić information content (AvgIpc) is 3.94. The molecule has 3 aromatic heterocycles. The first-order chi connectivity index (χ1) is 33.7. The highest BCUT2D eigenvalue weighted by molar-refractivity contribution is 6.24. The fourth-order valence-corrected chi connectivity index (χ4v) is 9.93. The molecule has 0 unspecified atom stereocenters. The van der Waals surface area contributed by atoms with Gasteiger partial charge in [-0.3, -0.25) is 4.57 Å². The van der Waals surface area contributed by atoms with Crippen LogP contribution in [0.5, 0.6) is 0 Å². The summed E-state index contributed by atoms with van der Waals surface area (Å²) in [5.41, 5.74) is 16.3. The summed E-state index contributed by atoms with van der Waals surface area (Å²) in [6, 6.07) is 88.2. The molecule has 0 N–H and O–H groups in total. The summed E-state index contributed by atoms with van der Waals surface area (Å²) in [4.78, 5) is 16.2. The lowest BCUT2D eigenvalue weighted by Crippen LogP contribution is -2.07. The van der Waals surface area contributed by atoms with Crippen LogP contribution in [0.15, 0.2) is 249 Å². The molecule has 5 heteroatoms. The molecule has 0 bridgehead atoms. The number of benzene rings is 10. The Balaban J connectivity index is 1.11. The second-order valence-electron chi connectivity index (χ2n) is 17.2. The molecule has 10 aromatic carbocycles. The van der Waals surface area contributed by atoms with Crippen LogP contribution in [-0.2, 0) is 0 Å². The number of hydrogen-bond donors (Lipinski definition) is 0. The molecule has 318 valence electrons. The third kappa shape index (κ3) is 6.76. The minimum atomic E-state index is 0.542. The van der Waals surface area contributed by atoms with Crippen LogP contribution in [0.3, 0.4) is 0 Å². The van der Waals surface area contributed by atoms with Gasteiger partial charge in [-0.25, -0.2) is 4.98 Å². The molecular weight excluding hydrogens is 827 g/mol. The number of rotatable bonds is 8. The Morgan fingerprint density at radius 3 is 1.12 bits per heavy atom. The van der Waals surface area contributed by atoms with E-state index in [-0.39, 0.29) is 0 Å². The Bertz CT molecular complexity index is 3990. The van der Waals surface area contributed by atoms with Crippen molar-refractivity contribution in [3.05, 3.63) is 249 Å². The highest BCUT2D eigenvalue weighted by atomic mass is 15.2. The Morgan fingerprint density at radius 1 is 0.235 bits per heavy atom. The molecule has 0 amide bonds. The van der Waals surface area contributed by atoms with Crippen molar-refractivity contribution < 1.29 is 0 Å². The lowest BCUT2D eigenvalue weighted by atomic mass is 9.98. The molecule has 13 aromatic rings. The van der Waals surface area contributed by atoms with Gasteiger partial charge in [0.25, 0.3) is 0 Å². The Labute approximate surface area is 393 Å². The van der Waals surface area contributed by atoms with Crippen molar-refractivity contribution in [1.29, 1.82) is 0 Å². The van der Waals surface area contributed by atoms with Crippen LogP contribution in [0.4, 0.5) is 0 Å². The standard InChI is InChI=1S/C63H41N5/c1-6-18-42(19-7-1)46-26-16-27-47(38-46)48-28-17-29-51(39-48)62-64-61(45-24-12-4-13-25-45)65-63(66-62)68-58-37-33-50(44-22-10-3-11-23-44)41-56(58)54-35-34-53-55-40-49(43-20-8-2-9-21-43)32-36-57(55)67(59(53)60(54)68)52-30-14-5-15-31-52/h1-41H. The molecule has 0 saturated heterocycles. The average molecular weight is 868 g/mol. The van der Waals surface area contributed by atoms with Crippen molar-refractivity contribution in [2.75, 3.05) is 0 Å². The predicted molar refractivity (Wildman–Crippen MR) is 281 cm³/mol. The number of aromatic nitrogens is 5. The zero-order valence-corrected chi connectivity index (χ0v) is 36.9. The normalized spacial score (nSPS) is 11.5. The van der Waals surface area contributed by atoms with E-state index in [0.717, 1.165) is 77.3 Å². The van der Waals surface area contributed by atoms with Crippen LogP contribution >= 0.6 is 0 Å². The van der Waals surface area contributed by atoms with Crippen molar-refractivity contribution in [3.63, 3.8) is 0 Å². The molecule has 13 rings (SSSR count). The molecule has 3 heterocycles. The first-order valence-corrected chi connectivity index (χ1v) is 23.0. The molecule has 0 saturated carbocycles. The number of nitrogens with zero attached hydrogens (tertiary/aromatic N) is 5. The van der Waals surface area contributed by atoms with E-state index in [4.69, 9.17) is 15.0 Å². The van der Waals surface area contributed by atoms with Gasteiger partial charge in [-0.15, -0.1) is 0 Å². The SMILES string of the molecule is c1ccc(-c2cccc(-c3cccc(-c4nc(-c5ccccc5)nc(-n5c6ccc(-c7ccccc7)cc6c6ccc7c8cc(-c9ccccc9)ccc8n(-c8ccccc8)c7c65)n4)c3)c2)cc1. The van der Waals surface area contributed by atoms with Gasteiger partial charge in [0.2, 0.25) is 5.95 Å². The largest absolute Gasteiger partial charge is 0.307 e. The number of para-hydroxylation sites is 1. The maximum Gasteiger partial charge on any atom is 0.238 e. The Morgan fingerprint density at radius 2 is 0.603 bits per heavy atom. The summed E-state index contributed by atoms with van der Waals surface area (Å²) in [5.74, 6) is 1.73.